The Morgan fingerprint density at radius 1 is 1.21 bits per heavy atom. The quantitative estimate of drug-likeness (QED) is 0.347. The minimum absolute atomic E-state index is 0.0336. The van der Waals surface area contributed by atoms with Crippen molar-refractivity contribution in [1.82, 2.24) is 14.9 Å². The first-order valence-electron chi connectivity index (χ1n) is 14.8. The van der Waals surface area contributed by atoms with Crippen LogP contribution in [0.5, 0.6) is 5.88 Å². The van der Waals surface area contributed by atoms with Crippen molar-refractivity contribution in [2.75, 3.05) is 38.3 Å². The number of carbonyl (C=O) groups is 1. The maximum Gasteiger partial charge on any atom is 0.410 e. The fourth-order valence-electron chi connectivity index (χ4n) is 6.50. The molecule has 10 heteroatoms. The lowest BCUT2D eigenvalue weighted by atomic mass is 9.62. The first-order valence-corrected chi connectivity index (χ1v) is 14.8. The maximum absolute atomic E-state index is 14.2. The Morgan fingerprint density at radius 2 is 2.02 bits per heavy atom. The van der Waals surface area contributed by atoms with Crippen LogP contribution in [-0.4, -0.2) is 71.1 Å². The third-order valence-corrected chi connectivity index (χ3v) is 8.68. The fourth-order valence-corrected chi connectivity index (χ4v) is 6.50. The molecule has 0 unspecified atom stereocenters. The molecule has 0 bridgehead atoms. The summed E-state index contributed by atoms with van der Waals surface area (Å²) < 4.78 is 39.0. The SMILES string of the molecule is COc1ccc2nccc(N3CC[C@H]4C[C@@H](N(C/C=C/c5cc(F)ccc5F)C(=O)OC(C)(C)C)CC[C@]4(CO)C3)c2n1. The van der Waals surface area contributed by atoms with Crippen LogP contribution in [0.25, 0.3) is 17.1 Å². The summed E-state index contributed by atoms with van der Waals surface area (Å²) in [6, 6.07) is 8.82. The third-order valence-electron chi connectivity index (χ3n) is 8.68. The number of aliphatic hydroxyl groups is 1. The normalized spacial score (nSPS) is 22.4. The van der Waals surface area contributed by atoms with Gasteiger partial charge in [-0.25, -0.2) is 18.6 Å². The molecule has 3 atom stereocenters. The van der Waals surface area contributed by atoms with E-state index in [4.69, 9.17) is 9.47 Å². The Hall–Kier alpha value is -3.79. The second kappa shape index (κ2) is 12.4. The van der Waals surface area contributed by atoms with Crippen LogP contribution in [-0.2, 0) is 4.74 Å². The number of piperidine rings is 1. The molecule has 2 aliphatic rings. The van der Waals surface area contributed by atoms with Gasteiger partial charge in [-0.15, -0.1) is 0 Å². The summed E-state index contributed by atoms with van der Waals surface area (Å²) in [5.74, 6) is -0.365. The lowest BCUT2D eigenvalue weighted by Gasteiger charge is -2.53. The molecule has 2 aromatic heterocycles. The van der Waals surface area contributed by atoms with Gasteiger partial charge in [-0.2, -0.15) is 0 Å². The summed E-state index contributed by atoms with van der Waals surface area (Å²) in [6.07, 6.45) is 7.44. The van der Waals surface area contributed by atoms with E-state index in [9.17, 15) is 18.7 Å². The molecule has 1 N–H and O–H groups in total. The van der Waals surface area contributed by atoms with E-state index in [0.29, 0.717) is 25.3 Å². The summed E-state index contributed by atoms with van der Waals surface area (Å²) in [5.41, 5.74) is 1.59. The van der Waals surface area contributed by atoms with E-state index in [2.05, 4.69) is 14.9 Å². The third kappa shape index (κ3) is 6.74. The highest BCUT2D eigenvalue weighted by Crippen LogP contribution is 2.48. The lowest BCUT2D eigenvalue weighted by molar-refractivity contribution is -0.0295. The zero-order valence-electron chi connectivity index (χ0n) is 25.2. The van der Waals surface area contributed by atoms with E-state index in [1.54, 1.807) is 30.3 Å². The average molecular weight is 595 g/mol. The van der Waals surface area contributed by atoms with Gasteiger partial charge in [0.15, 0.2) is 0 Å². The van der Waals surface area contributed by atoms with Crippen LogP contribution in [0, 0.1) is 23.0 Å². The van der Waals surface area contributed by atoms with Crippen LogP contribution in [0.2, 0.25) is 0 Å². The number of anilines is 1. The van der Waals surface area contributed by atoms with Gasteiger partial charge < -0.3 is 24.4 Å². The minimum Gasteiger partial charge on any atom is -0.481 e. The summed E-state index contributed by atoms with van der Waals surface area (Å²) in [5, 5.41) is 10.8. The molecule has 1 saturated heterocycles. The number of carbonyl (C=O) groups excluding carboxylic acids is 1. The molecule has 8 nitrogen and oxygen atoms in total. The molecule has 43 heavy (non-hydrogen) atoms. The smallest absolute Gasteiger partial charge is 0.410 e. The van der Waals surface area contributed by atoms with Gasteiger partial charge in [0.2, 0.25) is 5.88 Å². The van der Waals surface area contributed by atoms with Crippen LogP contribution in [0.15, 0.2) is 48.7 Å². The Labute approximate surface area is 251 Å². The van der Waals surface area contributed by atoms with Crippen LogP contribution < -0.4 is 9.64 Å². The van der Waals surface area contributed by atoms with Crippen molar-refractivity contribution < 1.29 is 28.2 Å². The molecule has 2 fully saturated rings. The molecule has 5 rings (SSSR count). The predicted molar refractivity (Wildman–Crippen MR) is 162 cm³/mol. The first kappa shape index (κ1) is 30.7. The Morgan fingerprint density at radius 3 is 2.77 bits per heavy atom. The van der Waals surface area contributed by atoms with E-state index >= 15 is 0 Å². The predicted octanol–water partition coefficient (Wildman–Crippen LogP) is 6.22. The molecular formula is C33H40F2N4O4. The Balaban J connectivity index is 1.36. The number of hydrogen-bond donors (Lipinski definition) is 1. The fraction of sp³-hybridized carbons (Fsp3) is 0.485. The second-order valence-electron chi connectivity index (χ2n) is 12.6. The molecule has 3 heterocycles. The summed E-state index contributed by atoms with van der Waals surface area (Å²) in [7, 11) is 1.59. The van der Waals surface area contributed by atoms with Crippen LogP contribution in [0.4, 0.5) is 19.3 Å². The largest absolute Gasteiger partial charge is 0.481 e. The molecule has 1 aliphatic heterocycles. The summed E-state index contributed by atoms with van der Waals surface area (Å²) in [4.78, 5) is 26.5. The molecule has 3 aromatic rings. The second-order valence-corrected chi connectivity index (χ2v) is 12.6. The molecular weight excluding hydrogens is 554 g/mol. The molecule has 1 aliphatic carbocycles. The number of halogens is 2. The van der Waals surface area contributed by atoms with Gasteiger partial charge in [-0.05, 0) is 82.7 Å². The zero-order valence-corrected chi connectivity index (χ0v) is 25.2. The van der Waals surface area contributed by atoms with Crippen molar-refractivity contribution in [3.05, 3.63) is 65.9 Å². The van der Waals surface area contributed by atoms with E-state index in [1.165, 1.54) is 6.08 Å². The van der Waals surface area contributed by atoms with Crippen molar-refractivity contribution in [2.24, 2.45) is 11.3 Å². The van der Waals surface area contributed by atoms with Crippen molar-refractivity contribution in [2.45, 2.75) is 58.1 Å². The molecule has 230 valence electrons. The number of pyridine rings is 2. The summed E-state index contributed by atoms with van der Waals surface area (Å²) >= 11 is 0. The lowest BCUT2D eigenvalue weighted by Crippen LogP contribution is -2.57. The molecule has 1 saturated carbocycles. The number of aliphatic hydroxyl groups excluding tert-OH is 1. The molecule has 1 amide bonds. The number of nitrogens with zero attached hydrogens (tertiary/aromatic N) is 4. The Kier molecular flexibility index (Phi) is 8.87. The topological polar surface area (TPSA) is 88.0 Å². The van der Waals surface area contributed by atoms with Gasteiger partial charge in [0, 0.05) is 48.9 Å². The van der Waals surface area contributed by atoms with Gasteiger partial charge in [0.25, 0.3) is 0 Å². The van der Waals surface area contributed by atoms with Crippen LogP contribution >= 0.6 is 0 Å². The van der Waals surface area contributed by atoms with E-state index < -0.39 is 23.3 Å². The highest BCUT2D eigenvalue weighted by molar-refractivity contribution is 5.88. The molecule has 1 aromatic carbocycles. The highest BCUT2D eigenvalue weighted by atomic mass is 19.1. The minimum atomic E-state index is -0.688. The van der Waals surface area contributed by atoms with Gasteiger partial charge in [0.1, 0.15) is 22.8 Å². The standard InChI is InChI=1S/C33H40F2N4O4/c1-32(2,3)43-31(41)39(16-5-6-22-18-24(34)7-8-26(22)35)25-11-14-33(21-40)20-38(17-13-23(33)19-25)28-12-15-36-27-9-10-29(42-4)37-30(27)28/h5-10,12,15,18,23,25,40H,11,13-14,16-17,19-21H2,1-4H3/b6-5+/t23-,25-,33+/m0/s1. The van der Waals surface area contributed by atoms with E-state index in [0.717, 1.165) is 54.3 Å². The van der Waals surface area contributed by atoms with Crippen molar-refractivity contribution in [3.63, 3.8) is 0 Å². The maximum atomic E-state index is 14.2. The average Bonchev–Trinajstić information content (AvgIpc) is 2.99. The van der Waals surface area contributed by atoms with Crippen molar-refractivity contribution in [1.29, 1.82) is 0 Å². The number of hydrogen-bond acceptors (Lipinski definition) is 7. The Bertz CT molecular complexity index is 1490. The van der Waals surface area contributed by atoms with E-state index in [-0.39, 0.29) is 36.1 Å². The number of benzene rings is 1. The van der Waals surface area contributed by atoms with Gasteiger partial charge in [-0.1, -0.05) is 12.2 Å². The first-order chi connectivity index (χ1) is 20.5. The van der Waals surface area contributed by atoms with Gasteiger partial charge >= 0.3 is 6.09 Å². The van der Waals surface area contributed by atoms with Crippen LogP contribution in [0.3, 0.4) is 0 Å². The zero-order chi connectivity index (χ0) is 30.8. The van der Waals surface area contributed by atoms with E-state index in [1.807, 2.05) is 32.9 Å². The van der Waals surface area contributed by atoms with Crippen LogP contribution in [0.1, 0.15) is 52.0 Å². The molecule has 0 spiro atoms. The van der Waals surface area contributed by atoms with Gasteiger partial charge in [0.05, 0.1) is 24.9 Å². The monoisotopic (exact) mass is 594 g/mol. The number of rotatable bonds is 7. The van der Waals surface area contributed by atoms with Gasteiger partial charge in [-0.3, -0.25) is 4.98 Å². The highest BCUT2D eigenvalue weighted by Gasteiger charge is 2.48. The molecule has 0 radical (unpaired) electrons. The number of fused-ring (bicyclic) bond motifs is 2. The number of methoxy groups -OCH3 is 1. The number of amides is 1. The number of aromatic nitrogens is 2. The summed E-state index contributed by atoms with van der Waals surface area (Å²) in [6.45, 7) is 7.11. The number of ether oxygens (including phenoxy) is 2. The van der Waals surface area contributed by atoms with Crippen molar-refractivity contribution in [3.8, 4) is 5.88 Å². The van der Waals surface area contributed by atoms with Crippen molar-refractivity contribution >= 4 is 28.9 Å².